The lowest BCUT2D eigenvalue weighted by atomic mass is 9.95. The largest absolute Gasteiger partial charge is 0.309 e. The Labute approximate surface area is 254 Å². The van der Waals surface area contributed by atoms with Gasteiger partial charge in [0.2, 0.25) is 0 Å². The molecule has 0 unspecified atom stereocenters. The molecule has 0 aliphatic heterocycles. The van der Waals surface area contributed by atoms with Crippen LogP contribution in [0.1, 0.15) is 0 Å². The summed E-state index contributed by atoms with van der Waals surface area (Å²) in [7, 11) is 0. The van der Waals surface area contributed by atoms with Crippen LogP contribution >= 0.6 is 0 Å². The first-order chi connectivity index (χ1) is 21.8. The molecule has 0 saturated heterocycles. The van der Waals surface area contributed by atoms with E-state index in [9.17, 15) is 0 Å². The SMILES string of the molecule is c1ccc(-c2nn3c(-c4ccccc4)cc4ccccc4c3c2-c2ccc3c(c2)c2ccccc2n3-c2ccccc2)cc1. The van der Waals surface area contributed by atoms with E-state index in [2.05, 4.69) is 173 Å². The quantitative estimate of drug-likeness (QED) is 0.209. The smallest absolute Gasteiger partial charge is 0.101 e. The summed E-state index contributed by atoms with van der Waals surface area (Å²) in [5, 5.41) is 10.2. The molecule has 0 amide bonds. The molecular formula is C41H27N3. The highest BCUT2D eigenvalue weighted by Gasteiger charge is 2.22. The molecule has 3 heteroatoms. The molecule has 0 radical (unpaired) electrons. The van der Waals surface area contributed by atoms with Gasteiger partial charge in [0.1, 0.15) is 5.69 Å². The molecule has 3 heterocycles. The number of hydrogen-bond donors (Lipinski definition) is 0. The lowest BCUT2D eigenvalue weighted by Crippen LogP contribution is -1.95. The summed E-state index contributed by atoms with van der Waals surface area (Å²) in [6.45, 7) is 0. The third-order valence-corrected chi connectivity index (χ3v) is 8.71. The van der Waals surface area contributed by atoms with Gasteiger partial charge in [-0.25, -0.2) is 4.52 Å². The van der Waals surface area contributed by atoms with Gasteiger partial charge in [0.15, 0.2) is 0 Å². The highest BCUT2D eigenvalue weighted by Crippen LogP contribution is 2.43. The third-order valence-electron chi connectivity index (χ3n) is 8.71. The molecule has 0 saturated carbocycles. The predicted octanol–water partition coefficient (Wildman–Crippen LogP) is 10.6. The van der Waals surface area contributed by atoms with E-state index < -0.39 is 0 Å². The minimum absolute atomic E-state index is 0.977. The lowest BCUT2D eigenvalue weighted by molar-refractivity contribution is 0.979. The Morgan fingerprint density at radius 2 is 1.05 bits per heavy atom. The summed E-state index contributed by atoms with van der Waals surface area (Å²) >= 11 is 0. The molecule has 9 aromatic rings. The standard InChI is InChI=1S/C41H27N3/c1-4-14-28(15-5-1)38-27-30-18-10-11-21-33(30)41-39(40(42-44(38)41)29-16-6-2-7-17-29)31-24-25-37-35(26-31)34-22-12-13-23-36(34)43(37)32-19-8-3-9-20-32/h1-27H. The van der Waals surface area contributed by atoms with E-state index in [0.29, 0.717) is 0 Å². The number of para-hydroxylation sites is 2. The van der Waals surface area contributed by atoms with Crippen LogP contribution in [0.15, 0.2) is 164 Å². The molecule has 0 fully saturated rings. The molecule has 3 aromatic heterocycles. The number of pyridine rings is 1. The Bertz CT molecular complexity index is 2470. The van der Waals surface area contributed by atoms with Gasteiger partial charge in [-0.1, -0.05) is 127 Å². The number of benzene rings is 6. The molecule has 0 bridgehead atoms. The van der Waals surface area contributed by atoms with E-state index in [1.54, 1.807) is 0 Å². The number of nitrogens with zero attached hydrogens (tertiary/aromatic N) is 3. The maximum atomic E-state index is 5.39. The van der Waals surface area contributed by atoms with Crippen LogP contribution < -0.4 is 0 Å². The van der Waals surface area contributed by atoms with Crippen LogP contribution in [0, 0.1) is 0 Å². The van der Waals surface area contributed by atoms with Crippen LogP contribution in [-0.4, -0.2) is 14.2 Å². The lowest BCUT2D eigenvalue weighted by Gasteiger charge is -2.11. The van der Waals surface area contributed by atoms with Crippen molar-refractivity contribution in [2.45, 2.75) is 0 Å². The van der Waals surface area contributed by atoms with Crippen molar-refractivity contribution in [2.75, 3.05) is 0 Å². The minimum Gasteiger partial charge on any atom is -0.309 e. The second-order valence-corrected chi connectivity index (χ2v) is 11.3. The van der Waals surface area contributed by atoms with E-state index in [-0.39, 0.29) is 0 Å². The fraction of sp³-hybridized carbons (Fsp3) is 0. The first kappa shape index (κ1) is 24.6. The Hall–Kier alpha value is -5.93. The fourth-order valence-electron chi connectivity index (χ4n) is 6.76. The fourth-order valence-corrected chi connectivity index (χ4v) is 6.76. The summed E-state index contributed by atoms with van der Waals surface area (Å²) in [5.74, 6) is 0. The van der Waals surface area contributed by atoms with Crippen LogP contribution in [0.3, 0.4) is 0 Å². The van der Waals surface area contributed by atoms with Crippen molar-refractivity contribution >= 4 is 38.1 Å². The molecule has 0 aliphatic rings. The van der Waals surface area contributed by atoms with Crippen molar-refractivity contribution in [3.05, 3.63) is 164 Å². The highest BCUT2D eigenvalue weighted by atomic mass is 15.2. The van der Waals surface area contributed by atoms with E-state index in [1.165, 1.54) is 32.6 Å². The van der Waals surface area contributed by atoms with Gasteiger partial charge in [0, 0.05) is 38.5 Å². The maximum Gasteiger partial charge on any atom is 0.101 e. The van der Waals surface area contributed by atoms with Crippen LogP contribution in [-0.2, 0) is 0 Å². The summed E-state index contributed by atoms with van der Waals surface area (Å²) in [6, 6.07) is 58.3. The van der Waals surface area contributed by atoms with Gasteiger partial charge in [0.05, 0.1) is 22.2 Å². The normalized spacial score (nSPS) is 11.6. The zero-order chi connectivity index (χ0) is 29.0. The van der Waals surface area contributed by atoms with Crippen LogP contribution in [0.2, 0.25) is 0 Å². The summed E-state index contributed by atoms with van der Waals surface area (Å²) < 4.78 is 4.53. The van der Waals surface area contributed by atoms with Gasteiger partial charge >= 0.3 is 0 Å². The van der Waals surface area contributed by atoms with Gasteiger partial charge in [-0.2, -0.15) is 5.10 Å². The second kappa shape index (κ2) is 9.82. The minimum atomic E-state index is 0.977. The highest BCUT2D eigenvalue weighted by molar-refractivity contribution is 6.13. The Kier molecular flexibility index (Phi) is 5.50. The Morgan fingerprint density at radius 1 is 0.432 bits per heavy atom. The first-order valence-corrected chi connectivity index (χ1v) is 15.0. The molecule has 0 N–H and O–H groups in total. The van der Waals surface area contributed by atoms with Crippen LogP contribution in [0.4, 0.5) is 0 Å². The average Bonchev–Trinajstić information content (AvgIpc) is 3.66. The molecular weight excluding hydrogens is 534 g/mol. The number of aromatic nitrogens is 3. The summed E-state index contributed by atoms with van der Waals surface area (Å²) in [5.41, 5.74) is 11.2. The van der Waals surface area contributed by atoms with Gasteiger partial charge in [-0.3, -0.25) is 0 Å². The molecule has 206 valence electrons. The third kappa shape index (κ3) is 3.73. The predicted molar refractivity (Wildman–Crippen MR) is 183 cm³/mol. The zero-order valence-corrected chi connectivity index (χ0v) is 23.9. The van der Waals surface area contributed by atoms with Crippen LogP contribution in [0.5, 0.6) is 0 Å². The molecule has 9 rings (SSSR count). The monoisotopic (exact) mass is 561 g/mol. The molecule has 3 nitrogen and oxygen atoms in total. The Morgan fingerprint density at radius 3 is 1.82 bits per heavy atom. The van der Waals surface area contributed by atoms with Crippen molar-refractivity contribution in [2.24, 2.45) is 0 Å². The topological polar surface area (TPSA) is 22.2 Å². The molecule has 0 atom stereocenters. The van der Waals surface area contributed by atoms with E-state index in [4.69, 9.17) is 5.10 Å². The van der Waals surface area contributed by atoms with Crippen molar-refractivity contribution < 1.29 is 0 Å². The van der Waals surface area contributed by atoms with E-state index in [0.717, 1.165) is 44.8 Å². The first-order valence-electron chi connectivity index (χ1n) is 15.0. The van der Waals surface area contributed by atoms with Gasteiger partial charge in [0.25, 0.3) is 0 Å². The van der Waals surface area contributed by atoms with Crippen LogP contribution in [0.25, 0.3) is 77.4 Å². The van der Waals surface area contributed by atoms with Gasteiger partial charge in [-0.15, -0.1) is 0 Å². The summed E-state index contributed by atoms with van der Waals surface area (Å²) in [4.78, 5) is 0. The zero-order valence-electron chi connectivity index (χ0n) is 23.9. The molecule has 0 spiro atoms. The van der Waals surface area contributed by atoms with Crippen molar-refractivity contribution in [1.82, 2.24) is 14.2 Å². The van der Waals surface area contributed by atoms with E-state index in [1.807, 2.05) is 0 Å². The van der Waals surface area contributed by atoms with Crippen molar-refractivity contribution in [1.29, 1.82) is 0 Å². The number of hydrogen-bond acceptors (Lipinski definition) is 1. The van der Waals surface area contributed by atoms with Gasteiger partial charge in [-0.05, 0) is 47.3 Å². The maximum absolute atomic E-state index is 5.39. The van der Waals surface area contributed by atoms with Crippen molar-refractivity contribution in [3.63, 3.8) is 0 Å². The average molecular weight is 562 g/mol. The Balaban J connectivity index is 1.42. The number of fused-ring (bicyclic) bond motifs is 6. The van der Waals surface area contributed by atoms with E-state index >= 15 is 0 Å². The van der Waals surface area contributed by atoms with Gasteiger partial charge < -0.3 is 4.57 Å². The van der Waals surface area contributed by atoms with Crippen molar-refractivity contribution in [3.8, 4) is 39.3 Å². The molecule has 44 heavy (non-hydrogen) atoms. The second-order valence-electron chi connectivity index (χ2n) is 11.3. The molecule has 6 aromatic carbocycles. The number of rotatable bonds is 4. The summed E-state index contributed by atoms with van der Waals surface area (Å²) in [6.07, 6.45) is 0. The molecule has 0 aliphatic carbocycles.